The number of aryl methyl sites for hydroxylation is 1. The normalized spacial score (nSPS) is 11.0. The predicted molar refractivity (Wildman–Crippen MR) is 119 cm³/mol. The number of aromatic nitrogens is 1. The molecule has 0 atom stereocenters. The van der Waals surface area contributed by atoms with Crippen LogP contribution in [0.5, 0.6) is 0 Å². The molecule has 0 saturated carbocycles. The molecule has 5 nitrogen and oxygen atoms in total. The van der Waals surface area contributed by atoms with Gasteiger partial charge in [-0.15, -0.1) is 11.3 Å². The van der Waals surface area contributed by atoms with Gasteiger partial charge in [0.15, 0.2) is 0 Å². The number of anilines is 3. The third-order valence-corrected chi connectivity index (χ3v) is 5.72. The minimum absolute atomic E-state index is 0.177. The second-order valence-corrected chi connectivity index (χ2v) is 7.69. The maximum Gasteiger partial charge on any atom is 0.275 e. The zero-order chi connectivity index (χ0) is 20.4. The summed E-state index contributed by atoms with van der Waals surface area (Å²) in [5, 5.41) is 0.798. The molecule has 0 spiro atoms. The Morgan fingerprint density at radius 2 is 1.66 bits per heavy atom. The van der Waals surface area contributed by atoms with E-state index in [9.17, 15) is 4.79 Å². The van der Waals surface area contributed by atoms with Crippen molar-refractivity contribution in [3.05, 3.63) is 82.9 Å². The molecule has 4 aromatic rings. The number of rotatable bonds is 5. The summed E-state index contributed by atoms with van der Waals surface area (Å²) in [7, 11) is 1.64. The first kappa shape index (κ1) is 19.1. The van der Waals surface area contributed by atoms with Crippen LogP contribution in [0.3, 0.4) is 0 Å². The second-order valence-electron chi connectivity index (χ2n) is 6.69. The van der Waals surface area contributed by atoms with Gasteiger partial charge in [0.05, 0.1) is 12.3 Å². The number of pyridine rings is 1. The van der Waals surface area contributed by atoms with Gasteiger partial charge in [0.2, 0.25) is 0 Å². The summed E-state index contributed by atoms with van der Waals surface area (Å²) in [5.41, 5.74) is 10.3. The summed E-state index contributed by atoms with van der Waals surface area (Å²) in [5.74, 6) is -0.177. The van der Waals surface area contributed by atoms with Crippen LogP contribution in [-0.2, 0) is 11.3 Å². The van der Waals surface area contributed by atoms with Gasteiger partial charge in [-0.2, -0.15) is 0 Å². The SMILES string of the molecule is COCc1cc(C)nc2sc(C(=O)N(c3ccccc3)c3ccccc3)c(N)c12. The van der Waals surface area contributed by atoms with Gasteiger partial charge in [-0.3, -0.25) is 9.69 Å². The summed E-state index contributed by atoms with van der Waals surface area (Å²) in [6.45, 7) is 2.34. The Morgan fingerprint density at radius 3 is 2.21 bits per heavy atom. The number of hydrogen-bond donors (Lipinski definition) is 1. The average Bonchev–Trinajstić information content (AvgIpc) is 3.06. The molecular formula is C23H21N3O2S. The summed E-state index contributed by atoms with van der Waals surface area (Å²) in [6, 6.07) is 21.1. The monoisotopic (exact) mass is 403 g/mol. The molecule has 0 saturated heterocycles. The number of nitrogens with two attached hydrogens (primary N) is 1. The first-order valence-electron chi connectivity index (χ1n) is 9.22. The van der Waals surface area contributed by atoms with E-state index in [0.29, 0.717) is 17.2 Å². The van der Waals surface area contributed by atoms with E-state index in [4.69, 9.17) is 10.5 Å². The first-order chi connectivity index (χ1) is 14.1. The molecule has 0 radical (unpaired) electrons. The Morgan fingerprint density at radius 1 is 1.07 bits per heavy atom. The fourth-order valence-corrected chi connectivity index (χ4v) is 4.52. The number of methoxy groups -OCH3 is 1. The highest BCUT2D eigenvalue weighted by atomic mass is 32.1. The number of nitrogens with zero attached hydrogens (tertiary/aromatic N) is 2. The van der Waals surface area contributed by atoms with E-state index in [2.05, 4.69) is 4.98 Å². The summed E-state index contributed by atoms with van der Waals surface area (Å²) < 4.78 is 5.33. The molecule has 29 heavy (non-hydrogen) atoms. The van der Waals surface area contributed by atoms with E-state index in [0.717, 1.165) is 32.8 Å². The summed E-state index contributed by atoms with van der Waals surface area (Å²) in [6.07, 6.45) is 0. The first-order valence-corrected chi connectivity index (χ1v) is 10.0. The smallest absolute Gasteiger partial charge is 0.275 e. The van der Waals surface area contributed by atoms with Crippen LogP contribution < -0.4 is 10.6 Å². The van der Waals surface area contributed by atoms with Crippen molar-refractivity contribution in [1.29, 1.82) is 0 Å². The minimum Gasteiger partial charge on any atom is -0.397 e. The molecule has 0 bridgehead atoms. The average molecular weight is 404 g/mol. The molecular weight excluding hydrogens is 382 g/mol. The molecule has 0 aliphatic carbocycles. The van der Waals surface area contributed by atoms with Crippen LogP contribution in [-0.4, -0.2) is 18.0 Å². The van der Waals surface area contributed by atoms with Gasteiger partial charge < -0.3 is 10.5 Å². The lowest BCUT2D eigenvalue weighted by Crippen LogP contribution is -2.25. The van der Waals surface area contributed by atoms with E-state index in [1.165, 1.54) is 11.3 Å². The summed E-state index contributed by atoms with van der Waals surface area (Å²) >= 11 is 1.32. The van der Waals surface area contributed by atoms with Crippen molar-refractivity contribution in [2.24, 2.45) is 0 Å². The zero-order valence-corrected chi connectivity index (χ0v) is 17.1. The summed E-state index contributed by atoms with van der Waals surface area (Å²) in [4.78, 5) is 21.2. The van der Waals surface area contributed by atoms with Crippen LogP contribution in [0.1, 0.15) is 20.9 Å². The fraction of sp³-hybridized carbons (Fsp3) is 0.130. The minimum atomic E-state index is -0.177. The predicted octanol–water partition coefficient (Wildman–Crippen LogP) is 5.31. The van der Waals surface area contributed by atoms with Gasteiger partial charge in [-0.1, -0.05) is 36.4 Å². The van der Waals surface area contributed by atoms with Crippen LogP contribution in [0.4, 0.5) is 17.1 Å². The number of para-hydroxylation sites is 2. The molecule has 0 aliphatic heterocycles. The maximum absolute atomic E-state index is 13.7. The molecule has 2 N–H and O–H groups in total. The molecule has 0 unspecified atom stereocenters. The molecule has 0 fully saturated rings. The third kappa shape index (κ3) is 3.60. The Kier molecular flexibility index (Phi) is 5.29. The standard InChI is InChI=1S/C23H21N3O2S/c1-15-13-16(14-28-2)19-20(24)21(29-22(19)25-15)23(27)26(17-9-5-3-6-10-17)18-11-7-4-8-12-18/h3-13H,14,24H2,1-2H3. The zero-order valence-electron chi connectivity index (χ0n) is 16.3. The van der Waals surface area contributed by atoms with Crippen molar-refractivity contribution in [1.82, 2.24) is 4.98 Å². The largest absolute Gasteiger partial charge is 0.397 e. The van der Waals surface area contributed by atoms with Crippen molar-refractivity contribution in [3.63, 3.8) is 0 Å². The molecule has 2 aromatic heterocycles. The molecule has 146 valence electrons. The second kappa shape index (κ2) is 8.03. The van der Waals surface area contributed by atoms with E-state index in [1.807, 2.05) is 73.7 Å². The van der Waals surface area contributed by atoms with Crippen molar-refractivity contribution in [2.45, 2.75) is 13.5 Å². The van der Waals surface area contributed by atoms with Gasteiger partial charge in [-0.05, 0) is 42.8 Å². The number of ether oxygens (including phenoxy) is 1. The number of carbonyl (C=O) groups excluding carboxylic acids is 1. The Bertz CT molecular complexity index is 1120. The molecule has 0 aliphatic rings. The maximum atomic E-state index is 13.7. The highest BCUT2D eigenvalue weighted by molar-refractivity contribution is 7.21. The van der Waals surface area contributed by atoms with Crippen molar-refractivity contribution >= 4 is 44.5 Å². The number of thiophene rings is 1. The van der Waals surface area contributed by atoms with Crippen LogP contribution >= 0.6 is 11.3 Å². The van der Waals surface area contributed by atoms with Crippen LogP contribution in [0.2, 0.25) is 0 Å². The van der Waals surface area contributed by atoms with E-state index >= 15 is 0 Å². The fourth-order valence-electron chi connectivity index (χ4n) is 3.40. The van der Waals surface area contributed by atoms with Gasteiger partial charge in [0.1, 0.15) is 9.71 Å². The van der Waals surface area contributed by atoms with Crippen LogP contribution in [0.15, 0.2) is 66.7 Å². The highest BCUT2D eigenvalue weighted by Gasteiger charge is 2.26. The Labute approximate surface area is 173 Å². The third-order valence-electron chi connectivity index (χ3n) is 4.63. The van der Waals surface area contributed by atoms with Crippen LogP contribution in [0, 0.1) is 6.92 Å². The van der Waals surface area contributed by atoms with Crippen LogP contribution in [0.25, 0.3) is 10.2 Å². The van der Waals surface area contributed by atoms with Gasteiger partial charge in [-0.25, -0.2) is 4.98 Å². The quantitative estimate of drug-likeness (QED) is 0.490. The highest BCUT2D eigenvalue weighted by Crippen LogP contribution is 2.38. The van der Waals surface area contributed by atoms with Gasteiger partial charge >= 0.3 is 0 Å². The topological polar surface area (TPSA) is 68.5 Å². The number of hydrogen-bond acceptors (Lipinski definition) is 5. The van der Waals surface area contributed by atoms with Crippen molar-refractivity contribution in [2.75, 3.05) is 17.7 Å². The molecule has 4 rings (SSSR count). The lowest BCUT2D eigenvalue weighted by atomic mass is 10.1. The van der Waals surface area contributed by atoms with E-state index < -0.39 is 0 Å². The van der Waals surface area contributed by atoms with E-state index in [-0.39, 0.29) is 5.91 Å². The van der Waals surface area contributed by atoms with E-state index in [1.54, 1.807) is 12.0 Å². The number of carbonyl (C=O) groups is 1. The van der Waals surface area contributed by atoms with Crippen molar-refractivity contribution in [3.8, 4) is 0 Å². The molecule has 2 aromatic carbocycles. The number of amides is 1. The lowest BCUT2D eigenvalue weighted by Gasteiger charge is -2.22. The lowest BCUT2D eigenvalue weighted by molar-refractivity contribution is 0.100. The Hall–Kier alpha value is -3.22. The molecule has 2 heterocycles. The van der Waals surface area contributed by atoms with Gasteiger partial charge in [0.25, 0.3) is 5.91 Å². The number of nitrogen functional groups attached to an aromatic ring is 1. The van der Waals surface area contributed by atoms with Crippen molar-refractivity contribution < 1.29 is 9.53 Å². The molecule has 6 heteroatoms. The van der Waals surface area contributed by atoms with Gasteiger partial charge in [0, 0.05) is 29.6 Å². The number of benzene rings is 2. The molecule has 1 amide bonds. The number of fused-ring (bicyclic) bond motifs is 1. The Balaban J connectivity index is 1.88.